The number of rotatable bonds is 2. The molecule has 3 aromatic rings. The predicted molar refractivity (Wildman–Crippen MR) is 84.7 cm³/mol. The summed E-state index contributed by atoms with van der Waals surface area (Å²) in [6.45, 7) is 8.16. The summed E-state index contributed by atoms with van der Waals surface area (Å²) in [6.07, 6.45) is 2.56. The smallest absolute Gasteiger partial charge is 0.147 e. The minimum absolute atomic E-state index is 0.530. The van der Waals surface area contributed by atoms with Gasteiger partial charge in [0.25, 0.3) is 0 Å². The molecule has 2 N–H and O–H groups in total. The second-order valence-electron chi connectivity index (χ2n) is 5.37. The lowest BCUT2D eigenvalue weighted by Gasteiger charge is -2.11. The van der Waals surface area contributed by atoms with Gasteiger partial charge < -0.3 is 5.73 Å². The average molecular weight is 281 g/mol. The molecular weight excluding hydrogens is 262 g/mol. The molecule has 5 heteroatoms. The lowest BCUT2D eigenvalue weighted by molar-refractivity contribution is 0.888. The third-order valence-electron chi connectivity index (χ3n) is 3.91. The summed E-state index contributed by atoms with van der Waals surface area (Å²) < 4.78 is 1.99. The number of aryl methyl sites for hydroxylation is 3. The van der Waals surface area contributed by atoms with E-state index in [0.29, 0.717) is 5.82 Å². The summed E-state index contributed by atoms with van der Waals surface area (Å²) in [7, 11) is 0. The van der Waals surface area contributed by atoms with Crippen LogP contribution in [0, 0.1) is 20.8 Å². The van der Waals surface area contributed by atoms with Crippen LogP contribution >= 0.6 is 0 Å². The summed E-state index contributed by atoms with van der Waals surface area (Å²) in [5.74, 6) is 2.09. The van der Waals surface area contributed by atoms with Gasteiger partial charge in [-0.25, -0.2) is 15.0 Å². The maximum atomic E-state index is 6.02. The van der Waals surface area contributed by atoms with E-state index in [-0.39, 0.29) is 0 Å². The first kappa shape index (κ1) is 13.5. The Bertz CT molecular complexity index is 832. The predicted octanol–water partition coefficient (Wildman–Crippen LogP) is 2.89. The fourth-order valence-electron chi connectivity index (χ4n) is 2.39. The van der Waals surface area contributed by atoms with Gasteiger partial charge in [-0.2, -0.15) is 0 Å². The molecular formula is C16H19N5. The molecule has 0 saturated carbocycles. The number of imidazole rings is 1. The molecule has 0 amide bonds. The molecule has 0 bridgehead atoms. The van der Waals surface area contributed by atoms with Gasteiger partial charge in [0.1, 0.15) is 23.8 Å². The van der Waals surface area contributed by atoms with Crippen LogP contribution < -0.4 is 5.73 Å². The van der Waals surface area contributed by atoms with Gasteiger partial charge in [0.15, 0.2) is 0 Å². The molecule has 108 valence electrons. The Morgan fingerprint density at radius 2 is 1.81 bits per heavy atom. The monoisotopic (exact) mass is 281 g/mol. The number of nitrogens with two attached hydrogens (primary N) is 1. The molecule has 0 aliphatic heterocycles. The zero-order valence-electron chi connectivity index (χ0n) is 12.8. The molecule has 1 aromatic carbocycles. The zero-order valence-corrected chi connectivity index (χ0v) is 12.8. The van der Waals surface area contributed by atoms with Crippen molar-refractivity contribution >= 4 is 16.9 Å². The van der Waals surface area contributed by atoms with Crippen LogP contribution in [0.1, 0.15) is 29.4 Å². The number of anilines is 1. The summed E-state index contributed by atoms with van der Waals surface area (Å²) in [6, 6.07) is 4.24. The highest BCUT2D eigenvalue weighted by Crippen LogP contribution is 2.24. The maximum Gasteiger partial charge on any atom is 0.147 e. The second kappa shape index (κ2) is 4.84. The Labute approximate surface area is 123 Å². The highest BCUT2D eigenvalue weighted by Gasteiger charge is 2.13. The largest absolute Gasteiger partial charge is 0.383 e. The Morgan fingerprint density at radius 3 is 2.52 bits per heavy atom. The van der Waals surface area contributed by atoms with Crippen molar-refractivity contribution in [3.8, 4) is 5.82 Å². The van der Waals surface area contributed by atoms with Crippen molar-refractivity contribution in [1.82, 2.24) is 19.5 Å². The number of nitrogens with zero attached hydrogens (tertiary/aromatic N) is 4. The Morgan fingerprint density at radius 1 is 1.10 bits per heavy atom. The van der Waals surface area contributed by atoms with Gasteiger partial charge in [0, 0.05) is 12.0 Å². The van der Waals surface area contributed by atoms with Crippen LogP contribution in [-0.2, 0) is 6.42 Å². The second-order valence-corrected chi connectivity index (χ2v) is 5.37. The number of benzene rings is 1. The van der Waals surface area contributed by atoms with Gasteiger partial charge in [0.05, 0.1) is 11.0 Å². The van der Waals surface area contributed by atoms with Crippen LogP contribution in [0.2, 0.25) is 0 Å². The van der Waals surface area contributed by atoms with E-state index >= 15 is 0 Å². The van der Waals surface area contributed by atoms with Gasteiger partial charge >= 0.3 is 0 Å². The van der Waals surface area contributed by atoms with E-state index in [2.05, 4.69) is 40.9 Å². The normalized spacial score (nSPS) is 11.2. The minimum Gasteiger partial charge on any atom is -0.383 e. The van der Waals surface area contributed by atoms with Crippen molar-refractivity contribution in [1.29, 1.82) is 0 Å². The van der Waals surface area contributed by atoms with Crippen LogP contribution in [0.15, 0.2) is 18.5 Å². The molecule has 0 aliphatic carbocycles. The van der Waals surface area contributed by atoms with Crippen molar-refractivity contribution in [3.63, 3.8) is 0 Å². The van der Waals surface area contributed by atoms with Gasteiger partial charge in [-0.05, 0) is 44.0 Å². The number of aromatic nitrogens is 4. The Balaban J connectivity index is 2.30. The molecule has 5 nitrogen and oxygen atoms in total. The first-order valence-electron chi connectivity index (χ1n) is 7.09. The molecule has 3 rings (SSSR count). The van der Waals surface area contributed by atoms with E-state index in [1.54, 1.807) is 6.33 Å². The third kappa shape index (κ3) is 2.14. The number of nitrogen functional groups attached to an aromatic ring is 1. The topological polar surface area (TPSA) is 69.6 Å². The summed E-state index contributed by atoms with van der Waals surface area (Å²) in [4.78, 5) is 13.4. The van der Waals surface area contributed by atoms with Crippen LogP contribution in [0.4, 0.5) is 5.82 Å². The highest BCUT2D eigenvalue weighted by atomic mass is 15.1. The average Bonchev–Trinajstić information content (AvgIpc) is 2.85. The lowest BCUT2D eigenvalue weighted by Crippen LogP contribution is -2.08. The van der Waals surface area contributed by atoms with Gasteiger partial charge in [-0.15, -0.1) is 0 Å². The molecule has 0 radical (unpaired) electrons. The molecule has 2 heterocycles. The van der Waals surface area contributed by atoms with Crippen molar-refractivity contribution in [2.75, 3.05) is 5.73 Å². The van der Waals surface area contributed by atoms with E-state index in [1.807, 2.05) is 18.4 Å². The van der Waals surface area contributed by atoms with Crippen LogP contribution in [-0.4, -0.2) is 19.5 Å². The molecule has 0 atom stereocenters. The van der Waals surface area contributed by atoms with Crippen molar-refractivity contribution < 1.29 is 0 Å². The van der Waals surface area contributed by atoms with Crippen LogP contribution in [0.5, 0.6) is 0 Å². The van der Waals surface area contributed by atoms with E-state index in [1.165, 1.54) is 11.1 Å². The quantitative estimate of drug-likeness (QED) is 0.784. The first-order chi connectivity index (χ1) is 10.0. The third-order valence-corrected chi connectivity index (χ3v) is 3.91. The van der Waals surface area contributed by atoms with Gasteiger partial charge in [-0.1, -0.05) is 6.92 Å². The Hall–Kier alpha value is -2.43. The zero-order chi connectivity index (χ0) is 15.1. The SMILES string of the molecule is CCc1nc(N)c(C)c(-n2cnc3cc(C)c(C)cc32)n1. The number of hydrogen-bond acceptors (Lipinski definition) is 4. The number of hydrogen-bond donors (Lipinski definition) is 1. The molecule has 0 spiro atoms. The molecule has 0 fully saturated rings. The molecule has 2 aromatic heterocycles. The van der Waals surface area contributed by atoms with Crippen LogP contribution in [0.25, 0.3) is 16.9 Å². The van der Waals surface area contributed by atoms with Gasteiger partial charge in [-0.3, -0.25) is 4.57 Å². The standard InChI is InChI=1S/C16H19N5/c1-5-14-19-15(17)11(4)16(20-14)21-8-18-12-6-9(2)10(3)7-13(12)21/h6-8H,5H2,1-4H3,(H2,17,19,20). The van der Waals surface area contributed by atoms with Crippen molar-refractivity contribution in [3.05, 3.63) is 41.0 Å². The fraction of sp³-hybridized carbons (Fsp3) is 0.312. The Kier molecular flexibility index (Phi) is 3.12. The molecule has 0 unspecified atom stereocenters. The molecule has 0 aliphatic rings. The minimum atomic E-state index is 0.530. The fourth-order valence-corrected chi connectivity index (χ4v) is 2.39. The molecule has 21 heavy (non-hydrogen) atoms. The molecule has 0 saturated heterocycles. The van der Waals surface area contributed by atoms with E-state index in [0.717, 1.165) is 34.7 Å². The van der Waals surface area contributed by atoms with E-state index in [4.69, 9.17) is 5.73 Å². The van der Waals surface area contributed by atoms with Crippen LogP contribution in [0.3, 0.4) is 0 Å². The first-order valence-corrected chi connectivity index (χ1v) is 7.09. The number of fused-ring (bicyclic) bond motifs is 1. The van der Waals surface area contributed by atoms with E-state index < -0.39 is 0 Å². The summed E-state index contributed by atoms with van der Waals surface area (Å²) >= 11 is 0. The summed E-state index contributed by atoms with van der Waals surface area (Å²) in [5, 5.41) is 0. The highest BCUT2D eigenvalue weighted by molar-refractivity contribution is 5.79. The van der Waals surface area contributed by atoms with Crippen molar-refractivity contribution in [2.45, 2.75) is 34.1 Å². The van der Waals surface area contributed by atoms with Gasteiger partial charge in [0.2, 0.25) is 0 Å². The maximum absolute atomic E-state index is 6.02. The van der Waals surface area contributed by atoms with E-state index in [9.17, 15) is 0 Å². The summed E-state index contributed by atoms with van der Waals surface area (Å²) in [5.41, 5.74) is 11.4. The van der Waals surface area contributed by atoms with Crippen molar-refractivity contribution in [2.24, 2.45) is 0 Å². The lowest BCUT2D eigenvalue weighted by atomic mass is 10.1.